The van der Waals surface area contributed by atoms with E-state index in [0.29, 0.717) is 17.8 Å². The third kappa shape index (κ3) is 2.20. The lowest BCUT2D eigenvalue weighted by atomic mass is 9.92. The SMILES string of the molecule is Cc1csc([C@@H](NC(=O)[C@@H]2C[C@H]3C=C[C@H]2C3)C2CC2)n1. The molecule has 1 amide bonds. The molecule has 3 nitrogen and oxygen atoms in total. The van der Waals surface area contributed by atoms with Crippen molar-refractivity contribution in [2.75, 3.05) is 0 Å². The van der Waals surface area contributed by atoms with E-state index in [9.17, 15) is 4.79 Å². The number of carbonyl (C=O) groups is 1. The lowest BCUT2D eigenvalue weighted by Crippen LogP contribution is -2.36. The molecular weight excluding hydrogens is 268 g/mol. The van der Waals surface area contributed by atoms with Crippen LogP contribution in [0.5, 0.6) is 0 Å². The molecule has 106 valence electrons. The van der Waals surface area contributed by atoms with E-state index in [1.165, 1.54) is 19.3 Å². The predicted molar refractivity (Wildman–Crippen MR) is 79.3 cm³/mol. The zero-order chi connectivity index (χ0) is 13.7. The van der Waals surface area contributed by atoms with E-state index in [1.54, 1.807) is 11.3 Å². The lowest BCUT2D eigenvalue weighted by molar-refractivity contribution is -0.126. The van der Waals surface area contributed by atoms with Crippen LogP contribution in [0.3, 0.4) is 0 Å². The highest BCUT2D eigenvalue weighted by Gasteiger charge is 2.42. The Morgan fingerprint density at radius 1 is 1.40 bits per heavy atom. The van der Waals surface area contributed by atoms with Crippen molar-refractivity contribution in [3.63, 3.8) is 0 Å². The molecule has 1 aromatic rings. The molecule has 3 aliphatic rings. The average Bonchev–Trinajstić information content (AvgIpc) is 2.86. The van der Waals surface area contributed by atoms with Crippen molar-refractivity contribution in [2.45, 2.75) is 38.6 Å². The van der Waals surface area contributed by atoms with Gasteiger partial charge in [-0.3, -0.25) is 4.79 Å². The number of amides is 1. The molecule has 1 aromatic heterocycles. The lowest BCUT2D eigenvalue weighted by Gasteiger charge is -2.22. The van der Waals surface area contributed by atoms with Crippen molar-refractivity contribution in [3.8, 4) is 0 Å². The number of allylic oxidation sites excluding steroid dienone is 2. The largest absolute Gasteiger partial charge is 0.346 e. The molecule has 0 spiro atoms. The van der Waals surface area contributed by atoms with Gasteiger partial charge in [-0.05, 0) is 50.4 Å². The van der Waals surface area contributed by atoms with Crippen LogP contribution >= 0.6 is 11.3 Å². The van der Waals surface area contributed by atoms with Crippen LogP contribution in [0, 0.1) is 30.6 Å². The zero-order valence-corrected chi connectivity index (χ0v) is 12.5. The minimum atomic E-state index is 0.157. The molecule has 4 atom stereocenters. The summed E-state index contributed by atoms with van der Waals surface area (Å²) in [6.45, 7) is 2.02. The van der Waals surface area contributed by atoms with Crippen molar-refractivity contribution >= 4 is 17.2 Å². The number of carbonyl (C=O) groups excluding carboxylic acids is 1. The number of fused-ring (bicyclic) bond motifs is 2. The van der Waals surface area contributed by atoms with E-state index in [2.05, 4.69) is 27.8 Å². The molecule has 0 saturated heterocycles. The molecule has 1 heterocycles. The van der Waals surface area contributed by atoms with Gasteiger partial charge in [0.2, 0.25) is 5.91 Å². The maximum Gasteiger partial charge on any atom is 0.224 e. The quantitative estimate of drug-likeness (QED) is 0.864. The first-order chi connectivity index (χ1) is 9.70. The Morgan fingerprint density at radius 3 is 2.80 bits per heavy atom. The second-order valence-corrected chi connectivity index (χ2v) is 7.43. The molecule has 1 N–H and O–H groups in total. The van der Waals surface area contributed by atoms with Crippen LogP contribution in [0.25, 0.3) is 0 Å². The average molecular weight is 288 g/mol. The Balaban J connectivity index is 1.48. The summed E-state index contributed by atoms with van der Waals surface area (Å²) >= 11 is 1.69. The van der Waals surface area contributed by atoms with Crippen molar-refractivity contribution in [2.24, 2.45) is 23.7 Å². The molecule has 0 unspecified atom stereocenters. The number of thiazole rings is 1. The minimum Gasteiger partial charge on any atom is -0.346 e. The Hall–Kier alpha value is -1.16. The topological polar surface area (TPSA) is 42.0 Å². The molecule has 2 bridgehead atoms. The van der Waals surface area contributed by atoms with Crippen LogP contribution in [-0.4, -0.2) is 10.9 Å². The third-order valence-corrected chi connectivity index (χ3v) is 5.96. The van der Waals surface area contributed by atoms with Gasteiger partial charge in [-0.15, -0.1) is 11.3 Å². The summed E-state index contributed by atoms with van der Waals surface area (Å²) in [5.74, 6) is 2.20. The van der Waals surface area contributed by atoms with E-state index in [-0.39, 0.29) is 17.9 Å². The summed E-state index contributed by atoms with van der Waals surface area (Å²) in [5, 5.41) is 6.49. The van der Waals surface area contributed by atoms with Gasteiger partial charge < -0.3 is 5.32 Å². The molecule has 20 heavy (non-hydrogen) atoms. The van der Waals surface area contributed by atoms with Crippen molar-refractivity contribution in [1.29, 1.82) is 0 Å². The highest BCUT2D eigenvalue weighted by atomic mass is 32.1. The Kier molecular flexibility index (Phi) is 2.95. The van der Waals surface area contributed by atoms with E-state index < -0.39 is 0 Å². The van der Waals surface area contributed by atoms with Crippen LogP contribution in [0.15, 0.2) is 17.5 Å². The van der Waals surface area contributed by atoms with E-state index in [0.717, 1.165) is 17.1 Å². The molecule has 3 aliphatic carbocycles. The number of nitrogens with zero attached hydrogens (tertiary/aromatic N) is 1. The fourth-order valence-electron chi connectivity index (χ4n) is 3.67. The maximum atomic E-state index is 12.6. The van der Waals surface area contributed by atoms with E-state index >= 15 is 0 Å². The summed E-state index contributed by atoms with van der Waals surface area (Å²) in [5.41, 5.74) is 1.06. The minimum absolute atomic E-state index is 0.157. The van der Waals surface area contributed by atoms with Crippen LogP contribution in [0.2, 0.25) is 0 Å². The number of aromatic nitrogens is 1. The second kappa shape index (κ2) is 4.69. The number of aryl methyl sites for hydroxylation is 1. The van der Waals surface area contributed by atoms with Gasteiger partial charge in [0.15, 0.2) is 0 Å². The van der Waals surface area contributed by atoms with Crippen LogP contribution < -0.4 is 5.32 Å². The fourth-order valence-corrected chi connectivity index (χ4v) is 4.61. The number of hydrogen-bond donors (Lipinski definition) is 1. The first-order valence-electron chi connectivity index (χ1n) is 7.61. The van der Waals surface area contributed by atoms with Crippen LogP contribution in [-0.2, 0) is 4.79 Å². The summed E-state index contributed by atoms with van der Waals surface area (Å²) in [4.78, 5) is 17.2. The van der Waals surface area contributed by atoms with Crippen molar-refractivity contribution in [1.82, 2.24) is 10.3 Å². The Bertz CT molecular complexity index is 561. The first kappa shape index (κ1) is 12.6. The molecule has 4 heteroatoms. The normalized spacial score (nSPS) is 32.5. The summed E-state index contributed by atoms with van der Waals surface area (Å²) in [7, 11) is 0. The van der Waals surface area contributed by atoms with E-state index in [1.807, 2.05) is 6.92 Å². The smallest absolute Gasteiger partial charge is 0.224 e. The summed E-state index contributed by atoms with van der Waals surface area (Å²) < 4.78 is 0. The molecule has 0 aromatic carbocycles. The Labute approximate surface area is 123 Å². The number of nitrogens with one attached hydrogen (secondary N) is 1. The van der Waals surface area contributed by atoms with Crippen molar-refractivity contribution in [3.05, 3.63) is 28.2 Å². The number of rotatable bonds is 4. The molecule has 2 saturated carbocycles. The number of hydrogen-bond acceptors (Lipinski definition) is 3. The van der Waals surface area contributed by atoms with Crippen LogP contribution in [0.4, 0.5) is 0 Å². The van der Waals surface area contributed by atoms with Crippen LogP contribution in [0.1, 0.15) is 42.4 Å². The summed E-state index contributed by atoms with van der Waals surface area (Å²) in [6, 6.07) is 0.157. The highest BCUT2D eigenvalue weighted by Crippen LogP contribution is 2.45. The van der Waals surface area contributed by atoms with Gasteiger partial charge in [-0.2, -0.15) is 0 Å². The monoisotopic (exact) mass is 288 g/mol. The van der Waals surface area contributed by atoms with Gasteiger partial charge in [0.25, 0.3) is 0 Å². The van der Waals surface area contributed by atoms with E-state index in [4.69, 9.17) is 0 Å². The first-order valence-corrected chi connectivity index (χ1v) is 8.49. The fraction of sp³-hybridized carbons (Fsp3) is 0.625. The third-order valence-electron chi connectivity index (χ3n) is 4.91. The van der Waals surface area contributed by atoms with Gasteiger partial charge in [0, 0.05) is 17.0 Å². The molecule has 0 aliphatic heterocycles. The Morgan fingerprint density at radius 2 is 2.25 bits per heavy atom. The standard InChI is InChI=1S/C16H20N2OS/c1-9-8-20-16(17-9)14(11-4-5-11)18-15(19)13-7-10-2-3-12(13)6-10/h2-3,8,10-14H,4-7H2,1H3,(H,18,19)/t10-,12-,13+,14-/m0/s1. The van der Waals surface area contributed by atoms with Crippen molar-refractivity contribution < 1.29 is 4.79 Å². The highest BCUT2D eigenvalue weighted by molar-refractivity contribution is 7.09. The molecule has 4 rings (SSSR count). The van der Waals surface area contributed by atoms with Gasteiger partial charge in [-0.1, -0.05) is 12.2 Å². The zero-order valence-electron chi connectivity index (χ0n) is 11.7. The van der Waals surface area contributed by atoms with Gasteiger partial charge in [-0.25, -0.2) is 4.98 Å². The summed E-state index contributed by atoms with van der Waals surface area (Å²) in [6.07, 6.45) is 9.21. The van der Waals surface area contributed by atoms with Gasteiger partial charge in [0.05, 0.1) is 6.04 Å². The molecular formula is C16H20N2OS. The molecule has 2 fully saturated rings. The molecule has 0 radical (unpaired) electrons. The predicted octanol–water partition coefficient (Wildman–Crippen LogP) is 3.23. The second-order valence-electron chi connectivity index (χ2n) is 6.54. The van der Waals surface area contributed by atoms with Gasteiger partial charge >= 0.3 is 0 Å². The maximum absolute atomic E-state index is 12.6. The van der Waals surface area contributed by atoms with Gasteiger partial charge in [0.1, 0.15) is 5.01 Å².